The topological polar surface area (TPSA) is 47.7 Å². The van der Waals surface area contributed by atoms with Crippen LogP contribution in [0.3, 0.4) is 0 Å². The molecule has 2 atom stereocenters. The Balaban J connectivity index is 1.86. The van der Waals surface area contributed by atoms with Gasteiger partial charge in [-0.1, -0.05) is 0 Å². The van der Waals surface area contributed by atoms with E-state index in [4.69, 9.17) is 0 Å². The summed E-state index contributed by atoms with van der Waals surface area (Å²) in [4.78, 5) is 0. The zero-order valence-electron chi connectivity index (χ0n) is 12.3. The normalized spacial score (nSPS) is 23.9. The Morgan fingerprint density at radius 1 is 1.18 bits per heavy atom. The highest BCUT2D eigenvalue weighted by Crippen LogP contribution is 2.40. The fraction of sp³-hybridized carbons (Fsp3) is 0.571. The van der Waals surface area contributed by atoms with Gasteiger partial charge in [-0.3, -0.25) is 9.36 Å². The van der Waals surface area contributed by atoms with Gasteiger partial charge in [-0.15, -0.1) is 0 Å². The van der Waals surface area contributed by atoms with Crippen LogP contribution in [0.1, 0.15) is 35.8 Å². The van der Waals surface area contributed by atoms with Crippen molar-refractivity contribution in [2.24, 2.45) is 14.1 Å². The molecule has 22 heavy (non-hydrogen) atoms. The summed E-state index contributed by atoms with van der Waals surface area (Å²) in [5.74, 6) is 0. The van der Waals surface area contributed by atoms with Crippen LogP contribution in [0.25, 0.3) is 11.4 Å². The number of hydrogen-bond donors (Lipinski definition) is 1. The zero-order chi connectivity index (χ0) is 15.6. The molecule has 0 amide bonds. The van der Waals surface area contributed by atoms with Gasteiger partial charge in [0.15, 0.2) is 5.69 Å². The van der Waals surface area contributed by atoms with E-state index in [1.54, 1.807) is 18.8 Å². The Bertz CT molecular complexity index is 742. The van der Waals surface area contributed by atoms with Gasteiger partial charge in [0, 0.05) is 25.7 Å². The molecule has 8 heteroatoms. The van der Waals surface area contributed by atoms with E-state index in [9.17, 15) is 13.2 Å². The minimum Gasteiger partial charge on any atom is -0.305 e. The van der Waals surface area contributed by atoms with Crippen LogP contribution in [0.5, 0.6) is 0 Å². The highest BCUT2D eigenvalue weighted by atomic mass is 19.4. The molecule has 0 aliphatic carbocycles. The van der Waals surface area contributed by atoms with Gasteiger partial charge in [0.05, 0.1) is 23.1 Å². The van der Waals surface area contributed by atoms with Crippen LogP contribution in [0.15, 0.2) is 6.07 Å². The van der Waals surface area contributed by atoms with E-state index < -0.39 is 11.9 Å². The Labute approximate surface area is 125 Å². The molecule has 2 aromatic rings. The first-order valence-corrected chi connectivity index (χ1v) is 7.28. The molecule has 1 saturated heterocycles. The molecule has 4 rings (SSSR count). The Morgan fingerprint density at radius 2 is 1.95 bits per heavy atom. The molecule has 0 radical (unpaired) electrons. The smallest absolute Gasteiger partial charge is 0.305 e. The lowest BCUT2D eigenvalue weighted by Gasteiger charge is -2.20. The predicted molar refractivity (Wildman–Crippen MR) is 73.0 cm³/mol. The summed E-state index contributed by atoms with van der Waals surface area (Å²) in [6.45, 7) is 0. The summed E-state index contributed by atoms with van der Waals surface area (Å²) in [5, 5.41) is 11.7. The van der Waals surface area contributed by atoms with E-state index in [-0.39, 0.29) is 6.04 Å². The highest BCUT2D eigenvalue weighted by Gasteiger charge is 2.39. The molecular weight excluding hydrogens is 295 g/mol. The second-order valence-corrected chi connectivity index (χ2v) is 6.07. The van der Waals surface area contributed by atoms with E-state index in [0.29, 0.717) is 11.7 Å². The van der Waals surface area contributed by atoms with Crippen LogP contribution in [0, 0.1) is 0 Å². The number of aryl methyl sites for hydroxylation is 2. The summed E-state index contributed by atoms with van der Waals surface area (Å²) in [5.41, 5.74) is 2.38. The van der Waals surface area contributed by atoms with E-state index in [1.807, 2.05) is 0 Å². The summed E-state index contributed by atoms with van der Waals surface area (Å²) in [6, 6.07) is 1.74. The maximum Gasteiger partial charge on any atom is 0.435 e. The van der Waals surface area contributed by atoms with Crippen LogP contribution in [0.2, 0.25) is 0 Å². The van der Waals surface area contributed by atoms with Crippen molar-refractivity contribution in [3.63, 3.8) is 0 Å². The average molecular weight is 311 g/mol. The SMILES string of the molecule is Cn1nc(C(F)(F)F)cc1-c1c2c(nn1C)[C@@H]1CC[C@H](C2)N1. The van der Waals surface area contributed by atoms with Crippen LogP contribution >= 0.6 is 0 Å². The summed E-state index contributed by atoms with van der Waals surface area (Å²) < 4.78 is 41.6. The summed E-state index contributed by atoms with van der Waals surface area (Å²) in [6.07, 6.45) is -1.51. The average Bonchev–Trinajstić information content (AvgIpc) is 3.07. The molecule has 2 aliphatic rings. The third-order valence-corrected chi connectivity index (χ3v) is 4.61. The van der Waals surface area contributed by atoms with Gasteiger partial charge in [0.2, 0.25) is 0 Å². The molecular formula is C14H16F3N5. The first kappa shape index (κ1) is 13.8. The van der Waals surface area contributed by atoms with Crippen molar-refractivity contribution in [1.82, 2.24) is 24.9 Å². The third-order valence-electron chi connectivity index (χ3n) is 4.61. The summed E-state index contributed by atoms with van der Waals surface area (Å²) >= 11 is 0. The molecule has 0 aromatic carbocycles. The molecule has 2 bridgehead atoms. The first-order chi connectivity index (χ1) is 10.3. The molecule has 4 heterocycles. The van der Waals surface area contributed by atoms with Gasteiger partial charge < -0.3 is 5.32 Å². The quantitative estimate of drug-likeness (QED) is 0.878. The maximum atomic E-state index is 12.9. The van der Waals surface area contributed by atoms with Gasteiger partial charge in [0.25, 0.3) is 0 Å². The van der Waals surface area contributed by atoms with E-state index in [0.717, 1.165) is 42.3 Å². The molecule has 2 aromatic heterocycles. The van der Waals surface area contributed by atoms with Crippen LogP contribution < -0.4 is 5.32 Å². The molecule has 0 unspecified atom stereocenters. The maximum absolute atomic E-state index is 12.9. The molecule has 118 valence electrons. The lowest BCUT2D eigenvalue weighted by molar-refractivity contribution is -0.141. The summed E-state index contributed by atoms with van der Waals surface area (Å²) in [7, 11) is 3.32. The zero-order valence-corrected chi connectivity index (χ0v) is 12.3. The number of alkyl halides is 3. The van der Waals surface area contributed by atoms with Gasteiger partial charge >= 0.3 is 6.18 Å². The third kappa shape index (κ3) is 1.89. The number of halogens is 3. The monoisotopic (exact) mass is 311 g/mol. The number of nitrogens with zero attached hydrogens (tertiary/aromatic N) is 4. The number of nitrogens with one attached hydrogen (secondary N) is 1. The fourth-order valence-electron chi connectivity index (χ4n) is 3.66. The van der Waals surface area contributed by atoms with Crippen molar-refractivity contribution in [3.05, 3.63) is 23.0 Å². The predicted octanol–water partition coefficient (Wildman–Crippen LogP) is 2.19. The van der Waals surface area contributed by atoms with Crippen molar-refractivity contribution in [2.45, 2.75) is 37.5 Å². The van der Waals surface area contributed by atoms with Crippen molar-refractivity contribution >= 4 is 0 Å². The van der Waals surface area contributed by atoms with Crippen molar-refractivity contribution in [2.75, 3.05) is 0 Å². The van der Waals surface area contributed by atoms with Crippen molar-refractivity contribution in [3.8, 4) is 11.4 Å². The van der Waals surface area contributed by atoms with Crippen molar-refractivity contribution < 1.29 is 13.2 Å². The lowest BCUT2D eigenvalue weighted by atomic mass is 9.98. The highest BCUT2D eigenvalue weighted by molar-refractivity contribution is 5.63. The van der Waals surface area contributed by atoms with E-state index in [1.165, 1.54) is 4.68 Å². The lowest BCUT2D eigenvalue weighted by Crippen LogP contribution is -2.31. The van der Waals surface area contributed by atoms with Gasteiger partial charge in [-0.2, -0.15) is 23.4 Å². The minimum atomic E-state index is -4.44. The van der Waals surface area contributed by atoms with Gasteiger partial charge in [-0.25, -0.2) is 0 Å². The molecule has 2 aliphatic heterocycles. The van der Waals surface area contributed by atoms with Crippen molar-refractivity contribution in [1.29, 1.82) is 0 Å². The first-order valence-electron chi connectivity index (χ1n) is 7.28. The Morgan fingerprint density at radius 3 is 2.64 bits per heavy atom. The van der Waals surface area contributed by atoms with Gasteiger partial charge in [-0.05, 0) is 25.3 Å². The van der Waals surface area contributed by atoms with Gasteiger partial charge in [0.1, 0.15) is 0 Å². The number of fused-ring (bicyclic) bond motifs is 4. The molecule has 1 fully saturated rings. The Hall–Kier alpha value is -1.83. The van der Waals surface area contributed by atoms with E-state index in [2.05, 4.69) is 15.5 Å². The molecule has 0 spiro atoms. The van der Waals surface area contributed by atoms with Crippen LogP contribution in [0.4, 0.5) is 13.2 Å². The fourth-order valence-corrected chi connectivity index (χ4v) is 3.66. The number of rotatable bonds is 1. The van der Waals surface area contributed by atoms with Crippen LogP contribution in [-0.2, 0) is 26.7 Å². The van der Waals surface area contributed by atoms with Crippen LogP contribution in [-0.4, -0.2) is 25.6 Å². The second kappa shape index (κ2) is 4.34. The number of aromatic nitrogens is 4. The second-order valence-electron chi connectivity index (χ2n) is 6.07. The molecule has 1 N–H and O–H groups in total. The van der Waals surface area contributed by atoms with E-state index >= 15 is 0 Å². The molecule has 5 nitrogen and oxygen atoms in total. The minimum absolute atomic E-state index is 0.226. The largest absolute Gasteiger partial charge is 0.435 e. The molecule has 0 saturated carbocycles. The Kier molecular flexibility index (Phi) is 2.73. The number of hydrogen-bond acceptors (Lipinski definition) is 3. The standard InChI is InChI=1S/C14H16F3N5/c1-21-10(6-11(19-21)14(15,16)17)13-8-5-7-3-4-9(18-7)12(8)20-22(13)2/h6-7,9,18H,3-5H2,1-2H3/t7-,9+/m1/s1.